The highest BCUT2D eigenvalue weighted by Gasteiger charge is 2.19. The summed E-state index contributed by atoms with van der Waals surface area (Å²) in [5.74, 6) is 0.764. The molecule has 0 amide bonds. The molecule has 1 atom stereocenters. The molecule has 0 spiro atoms. The van der Waals surface area contributed by atoms with Gasteiger partial charge in [-0.3, -0.25) is 4.90 Å². The molecule has 2 aromatic rings. The van der Waals surface area contributed by atoms with Crippen LogP contribution in [0.3, 0.4) is 0 Å². The summed E-state index contributed by atoms with van der Waals surface area (Å²) in [5.41, 5.74) is 1.27. The predicted molar refractivity (Wildman–Crippen MR) is 109 cm³/mol. The van der Waals surface area contributed by atoms with Crippen molar-refractivity contribution >= 4 is 17.3 Å². The third-order valence-electron chi connectivity index (χ3n) is 4.58. The van der Waals surface area contributed by atoms with E-state index in [9.17, 15) is 5.11 Å². The highest BCUT2D eigenvalue weighted by atomic mass is 35.5. The van der Waals surface area contributed by atoms with Gasteiger partial charge in [0.2, 0.25) is 0 Å². The molecule has 1 fully saturated rings. The van der Waals surface area contributed by atoms with Crippen molar-refractivity contribution in [1.29, 1.82) is 0 Å². The minimum absolute atomic E-state index is 0.322. The molecule has 1 aliphatic rings. The third kappa shape index (κ3) is 6.70. The van der Waals surface area contributed by atoms with Crippen molar-refractivity contribution in [2.75, 3.05) is 57.4 Å². The maximum Gasteiger partial charge on any atom is 0.119 e. The number of ether oxygens (including phenoxy) is 2. The van der Waals surface area contributed by atoms with Crippen LogP contribution in [0.15, 0.2) is 54.6 Å². The molecule has 146 valence electrons. The first-order valence-electron chi connectivity index (χ1n) is 9.37. The van der Waals surface area contributed by atoms with Crippen LogP contribution in [0, 0.1) is 0 Å². The number of para-hydroxylation sites is 1. The summed E-state index contributed by atoms with van der Waals surface area (Å²) in [6, 6.07) is 17.7. The molecule has 1 N–H and O–H groups in total. The Hall–Kier alpha value is -1.79. The quantitative estimate of drug-likeness (QED) is 0.667. The third-order valence-corrected chi connectivity index (χ3v) is 4.83. The van der Waals surface area contributed by atoms with Gasteiger partial charge in [-0.2, -0.15) is 0 Å². The van der Waals surface area contributed by atoms with Gasteiger partial charge in [0.05, 0.1) is 19.3 Å². The Bertz CT molecular complexity index is 661. The molecular formula is C21H27ClN2O3. The zero-order chi connectivity index (χ0) is 18.9. The van der Waals surface area contributed by atoms with Gasteiger partial charge in [0.15, 0.2) is 0 Å². The Kier molecular flexibility index (Phi) is 7.78. The summed E-state index contributed by atoms with van der Waals surface area (Å²) in [6.07, 6.45) is -0.483. The summed E-state index contributed by atoms with van der Waals surface area (Å²) in [5, 5.41) is 10.9. The zero-order valence-corrected chi connectivity index (χ0v) is 16.2. The monoisotopic (exact) mass is 390 g/mol. The van der Waals surface area contributed by atoms with Gasteiger partial charge in [-0.15, -0.1) is 0 Å². The Morgan fingerprint density at radius 1 is 0.926 bits per heavy atom. The molecule has 1 heterocycles. The van der Waals surface area contributed by atoms with Crippen LogP contribution in [-0.4, -0.2) is 68.7 Å². The van der Waals surface area contributed by atoms with E-state index in [1.165, 1.54) is 5.69 Å². The van der Waals surface area contributed by atoms with Crippen molar-refractivity contribution in [2.45, 2.75) is 6.10 Å². The number of nitrogens with zero attached hydrogens (tertiary/aromatic N) is 2. The summed E-state index contributed by atoms with van der Waals surface area (Å²) in [6.45, 7) is 5.71. The van der Waals surface area contributed by atoms with E-state index < -0.39 is 6.10 Å². The topological polar surface area (TPSA) is 45.2 Å². The van der Waals surface area contributed by atoms with Gasteiger partial charge in [-0.05, 0) is 36.4 Å². The van der Waals surface area contributed by atoms with Crippen molar-refractivity contribution in [3.63, 3.8) is 0 Å². The largest absolute Gasteiger partial charge is 0.491 e. The molecule has 1 unspecified atom stereocenters. The second-order valence-electron chi connectivity index (χ2n) is 6.65. The van der Waals surface area contributed by atoms with Crippen molar-refractivity contribution in [3.05, 3.63) is 59.6 Å². The second-order valence-corrected chi connectivity index (χ2v) is 7.09. The van der Waals surface area contributed by atoms with Gasteiger partial charge in [-0.25, -0.2) is 0 Å². The minimum Gasteiger partial charge on any atom is -0.491 e. The van der Waals surface area contributed by atoms with E-state index in [1.54, 1.807) is 12.1 Å². The molecule has 0 saturated carbocycles. The fourth-order valence-electron chi connectivity index (χ4n) is 3.15. The summed E-state index contributed by atoms with van der Waals surface area (Å²) >= 11 is 5.83. The molecule has 0 bridgehead atoms. The first-order chi connectivity index (χ1) is 13.2. The highest BCUT2D eigenvalue weighted by molar-refractivity contribution is 6.30. The van der Waals surface area contributed by atoms with E-state index in [0.717, 1.165) is 31.9 Å². The Morgan fingerprint density at radius 3 is 2.33 bits per heavy atom. The molecule has 1 saturated heterocycles. The molecule has 1 aliphatic heterocycles. The average molecular weight is 391 g/mol. The van der Waals surface area contributed by atoms with E-state index in [0.29, 0.717) is 31.4 Å². The SMILES string of the molecule is OC(COCCOc1ccc(Cl)cc1)CN1CCN(c2ccccc2)CC1. The molecule has 2 aromatic carbocycles. The van der Waals surface area contributed by atoms with Crippen LogP contribution in [-0.2, 0) is 4.74 Å². The normalized spacial score (nSPS) is 16.3. The summed E-state index contributed by atoms with van der Waals surface area (Å²) < 4.78 is 11.1. The first-order valence-corrected chi connectivity index (χ1v) is 9.75. The van der Waals surface area contributed by atoms with Gasteiger partial charge in [0.25, 0.3) is 0 Å². The maximum atomic E-state index is 10.2. The number of halogens is 1. The fourth-order valence-corrected chi connectivity index (χ4v) is 3.27. The van der Waals surface area contributed by atoms with E-state index in [-0.39, 0.29) is 0 Å². The Morgan fingerprint density at radius 2 is 1.63 bits per heavy atom. The number of hydrogen-bond donors (Lipinski definition) is 1. The lowest BCUT2D eigenvalue weighted by atomic mass is 10.2. The highest BCUT2D eigenvalue weighted by Crippen LogP contribution is 2.16. The number of benzene rings is 2. The van der Waals surface area contributed by atoms with Crippen molar-refractivity contribution in [3.8, 4) is 5.75 Å². The maximum absolute atomic E-state index is 10.2. The van der Waals surface area contributed by atoms with E-state index >= 15 is 0 Å². The summed E-state index contributed by atoms with van der Waals surface area (Å²) in [7, 11) is 0. The van der Waals surface area contributed by atoms with Crippen LogP contribution < -0.4 is 9.64 Å². The number of β-amino-alcohol motifs (C(OH)–C–C–N with tert-alkyl or cyclic N) is 1. The van der Waals surface area contributed by atoms with E-state index in [2.05, 4.69) is 34.1 Å². The standard InChI is InChI=1S/C21H27ClN2O3/c22-18-6-8-21(9-7-18)27-15-14-26-17-20(25)16-23-10-12-24(13-11-23)19-4-2-1-3-5-19/h1-9,20,25H,10-17H2. The van der Waals surface area contributed by atoms with Crippen LogP contribution in [0.25, 0.3) is 0 Å². The summed E-state index contributed by atoms with van der Waals surface area (Å²) in [4.78, 5) is 4.67. The van der Waals surface area contributed by atoms with Crippen LogP contribution in [0.4, 0.5) is 5.69 Å². The lowest BCUT2D eigenvalue weighted by Crippen LogP contribution is -2.49. The molecule has 0 radical (unpaired) electrons. The van der Waals surface area contributed by atoms with Crippen LogP contribution >= 0.6 is 11.6 Å². The van der Waals surface area contributed by atoms with Crippen molar-refractivity contribution in [2.24, 2.45) is 0 Å². The second kappa shape index (κ2) is 10.5. The van der Waals surface area contributed by atoms with E-state index in [4.69, 9.17) is 21.1 Å². The van der Waals surface area contributed by atoms with E-state index in [1.807, 2.05) is 18.2 Å². The first kappa shape index (κ1) is 20.0. The van der Waals surface area contributed by atoms with Gasteiger partial charge in [0, 0.05) is 43.4 Å². The fraction of sp³-hybridized carbons (Fsp3) is 0.429. The molecule has 3 rings (SSSR count). The number of piperazine rings is 1. The number of rotatable bonds is 9. The Balaban J connectivity index is 1.26. The predicted octanol–water partition coefficient (Wildman–Crippen LogP) is 2.92. The van der Waals surface area contributed by atoms with Gasteiger partial charge in [0.1, 0.15) is 12.4 Å². The zero-order valence-electron chi connectivity index (χ0n) is 15.5. The number of aliphatic hydroxyl groups is 1. The van der Waals surface area contributed by atoms with Crippen molar-refractivity contribution in [1.82, 2.24) is 4.90 Å². The molecular weight excluding hydrogens is 364 g/mol. The Labute approximate surface area is 166 Å². The van der Waals surface area contributed by atoms with Crippen LogP contribution in [0.5, 0.6) is 5.75 Å². The molecule has 0 aliphatic carbocycles. The minimum atomic E-state index is -0.483. The smallest absolute Gasteiger partial charge is 0.119 e. The number of hydrogen-bond acceptors (Lipinski definition) is 5. The van der Waals surface area contributed by atoms with Crippen molar-refractivity contribution < 1.29 is 14.6 Å². The van der Waals surface area contributed by atoms with Gasteiger partial charge < -0.3 is 19.5 Å². The van der Waals surface area contributed by atoms with Gasteiger partial charge >= 0.3 is 0 Å². The number of anilines is 1. The molecule has 0 aromatic heterocycles. The molecule has 5 nitrogen and oxygen atoms in total. The lowest BCUT2D eigenvalue weighted by Gasteiger charge is -2.36. The van der Waals surface area contributed by atoms with Crippen LogP contribution in [0.2, 0.25) is 5.02 Å². The molecule has 6 heteroatoms. The number of aliphatic hydroxyl groups excluding tert-OH is 1. The average Bonchev–Trinajstić information content (AvgIpc) is 2.70. The molecule has 27 heavy (non-hydrogen) atoms. The van der Waals surface area contributed by atoms with Gasteiger partial charge in [-0.1, -0.05) is 29.8 Å². The van der Waals surface area contributed by atoms with Crippen LogP contribution in [0.1, 0.15) is 0 Å². The lowest BCUT2D eigenvalue weighted by molar-refractivity contribution is 0.00718.